The molecular formula is C21H26N2O7S. The number of benzene rings is 2. The number of ether oxygens (including phenoxy) is 4. The second-order valence-electron chi connectivity index (χ2n) is 6.88. The van der Waals surface area contributed by atoms with Gasteiger partial charge in [-0.05, 0) is 18.4 Å². The molecule has 0 saturated carbocycles. The van der Waals surface area contributed by atoms with E-state index in [-0.39, 0.29) is 18.8 Å². The van der Waals surface area contributed by atoms with Crippen molar-refractivity contribution in [1.82, 2.24) is 4.31 Å². The molecule has 31 heavy (non-hydrogen) atoms. The van der Waals surface area contributed by atoms with Crippen LogP contribution in [0.15, 0.2) is 42.5 Å². The maximum Gasteiger partial charge on any atom is 0.324 e. The van der Waals surface area contributed by atoms with E-state index in [1.165, 1.54) is 33.5 Å². The number of carbonyl (C=O) groups is 1. The fraction of sp³-hybridized carbons (Fsp3) is 0.381. The third-order valence-electron chi connectivity index (χ3n) is 4.92. The van der Waals surface area contributed by atoms with Crippen molar-refractivity contribution in [2.75, 3.05) is 32.6 Å². The first-order valence-corrected chi connectivity index (χ1v) is 11.1. The third-order valence-corrected chi connectivity index (χ3v) is 6.47. The van der Waals surface area contributed by atoms with Crippen molar-refractivity contribution in [3.63, 3.8) is 0 Å². The summed E-state index contributed by atoms with van der Waals surface area (Å²) in [5.74, 6) is 0.382. The highest BCUT2D eigenvalue weighted by Crippen LogP contribution is 2.40. The van der Waals surface area contributed by atoms with Crippen molar-refractivity contribution in [2.45, 2.75) is 25.5 Å². The molecule has 2 aromatic carbocycles. The van der Waals surface area contributed by atoms with Crippen LogP contribution in [0.3, 0.4) is 0 Å². The van der Waals surface area contributed by atoms with E-state index in [0.717, 1.165) is 9.87 Å². The SMILES string of the molecule is COc1cc(NS(=O)(=O)N2CCC[C@H]2C(=O)OCc2ccccc2)cc(OC)c1OC. The summed E-state index contributed by atoms with van der Waals surface area (Å²) in [7, 11) is 0.308. The minimum atomic E-state index is -4.03. The molecule has 1 aliphatic rings. The normalized spacial score (nSPS) is 16.5. The van der Waals surface area contributed by atoms with Crippen molar-refractivity contribution < 1.29 is 32.2 Å². The molecule has 1 atom stereocenters. The summed E-state index contributed by atoms with van der Waals surface area (Å²) >= 11 is 0. The van der Waals surface area contributed by atoms with Gasteiger partial charge in [0.2, 0.25) is 5.75 Å². The summed E-state index contributed by atoms with van der Waals surface area (Å²) < 4.78 is 50.8. The molecule has 1 saturated heterocycles. The monoisotopic (exact) mass is 450 g/mol. The van der Waals surface area contributed by atoms with Gasteiger partial charge in [0.25, 0.3) is 0 Å². The van der Waals surface area contributed by atoms with Crippen LogP contribution >= 0.6 is 0 Å². The molecule has 0 unspecified atom stereocenters. The molecule has 1 heterocycles. The zero-order valence-electron chi connectivity index (χ0n) is 17.7. The lowest BCUT2D eigenvalue weighted by Gasteiger charge is -2.24. The second kappa shape index (κ2) is 9.88. The number of carbonyl (C=O) groups excluding carboxylic acids is 1. The molecule has 0 radical (unpaired) electrons. The van der Waals surface area contributed by atoms with Gasteiger partial charge in [-0.25, -0.2) is 0 Å². The minimum Gasteiger partial charge on any atom is -0.493 e. The average Bonchev–Trinajstić information content (AvgIpc) is 3.28. The van der Waals surface area contributed by atoms with E-state index >= 15 is 0 Å². The van der Waals surface area contributed by atoms with E-state index < -0.39 is 22.2 Å². The Morgan fingerprint density at radius 2 is 1.71 bits per heavy atom. The molecule has 1 aliphatic heterocycles. The van der Waals surface area contributed by atoms with Crippen molar-refractivity contribution in [3.05, 3.63) is 48.0 Å². The molecule has 0 aliphatic carbocycles. The minimum absolute atomic E-state index is 0.0877. The van der Waals surface area contributed by atoms with E-state index in [1.54, 1.807) is 0 Å². The average molecular weight is 451 g/mol. The number of nitrogens with zero attached hydrogens (tertiary/aromatic N) is 1. The molecule has 9 nitrogen and oxygen atoms in total. The van der Waals surface area contributed by atoms with Crippen molar-refractivity contribution in [1.29, 1.82) is 0 Å². The summed E-state index contributed by atoms with van der Waals surface area (Å²) in [5.41, 5.74) is 1.05. The first-order chi connectivity index (χ1) is 14.9. The van der Waals surface area contributed by atoms with Crippen LogP contribution in [0.4, 0.5) is 5.69 Å². The molecule has 0 amide bonds. The molecule has 0 aromatic heterocycles. The predicted molar refractivity (Wildman–Crippen MR) is 115 cm³/mol. The zero-order chi connectivity index (χ0) is 22.4. The Labute approximate surface area is 182 Å². The first-order valence-electron chi connectivity index (χ1n) is 9.69. The first kappa shape index (κ1) is 22.7. The van der Waals surface area contributed by atoms with E-state index in [4.69, 9.17) is 18.9 Å². The van der Waals surface area contributed by atoms with Gasteiger partial charge < -0.3 is 18.9 Å². The molecule has 0 spiro atoms. The number of methoxy groups -OCH3 is 3. The summed E-state index contributed by atoms with van der Waals surface area (Å²) in [6, 6.07) is 11.3. The Morgan fingerprint density at radius 3 is 2.29 bits per heavy atom. The molecule has 2 aromatic rings. The van der Waals surface area contributed by atoms with Gasteiger partial charge >= 0.3 is 16.2 Å². The topological polar surface area (TPSA) is 103 Å². The molecule has 3 rings (SSSR count). The molecule has 0 bridgehead atoms. The molecule has 1 fully saturated rings. The summed E-state index contributed by atoms with van der Waals surface area (Å²) in [6.45, 7) is 0.301. The van der Waals surface area contributed by atoms with Crippen molar-refractivity contribution in [2.24, 2.45) is 0 Å². The smallest absolute Gasteiger partial charge is 0.324 e. The predicted octanol–water partition coefficient (Wildman–Crippen LogP) is 2.58. The number of hydrogen-bond acceptors (Lipinski definition) is 7. The molecular weight excluding hydrogens is 424 g/mol. The van der Waals surface area contributed by atoms with E-state index in [0.29, 0.717) is 30.1 Å². The Hall–Kier alpha value is -2.98. The second-order valence-corrected chi connectivity index (χ2v) is 8.51. The van der Waals surface area contributed by atoms with Crippen LogP contribution < -0.4 is 18.9 Å². The van der Waals surface area contributed by atoms with Gasteiger partial charge in [-0.15, -0.1) is 0 Å². The summed E-state index contributed by atoms with van der Waals surface area (Å²) in [6.07, 6.45) is 0.949. The Bertz CT molecular complexity index is 987. The van der Waals surface area contributed by atoms with E-state index in [2.05, 4.69) is 4.72 Å². The summed E-state index contributed by atoms with van der Waals surface area (Å²) in [4.78, 5) is 12.6. The number of rotatable bonds is 9. The zero-order valence-corrected chi connectivity index (χ0v) is 18.5. The Morgan fingerprint density at radius 1 is 1.06 bits per heavy atom. The van der Waals surface area contributed by atoms with Gasteiger partial charge in [-0.2, -0.15) is 12.7 Å². The lowest BCUT2D eigenvalue weighted by atomic mass is 10.2. The molecule has 168 valence electrons. The van der Waals surface area contributed by atoms with Gasteiger partial charge in [0.05, 0.1) is 27.0 Å². The van der Waals surface area contributed by atoms with Crippen LogP contribution in [0.25, 0.3) is 0 Å². The Balaban J connectivity index is 1.75. The highest BCUT2D eigenvalue weighted by Gasteiger charge is 2.40. The van der Waals surface area contributed by atoms with Crippen molar-refractivity contribution >= 4 is 21.9 Å². The quantitative estimate of drug-likeness (QED) is 0.586. The maximum absolute atomic E-state index is 13.0. The van der Waals surface area contributed by atoms with Gasteiger partial charge in [0, 0.05) is 18.7 Å². The largest absolute Gasteiger partial charge is 0.493 e. The summed E-state index contributed by atoms with van der Waals surface area (Å²) in [5, 5.41) is 0. The fourth-order valence-corrected chi connectivity index (χ4v) is 4.86. The lowest BCUT2D eigenvalue weighted by Crippen LogP contribution is -2.44. The fourth-order valence-electron chi connectivity index (χ4n) is 3.44. The molecule has 10 heteroatoms. The number of esters is 1. The van der Waals surface area contributed by atoms with Crippen LogP contribution in [0.2, 0.25) is 0 Å². The van der Waals surface area contributed by atoms with Crippen LogP contribution in [0, 0.1) is 0 Å². The molecule has 1 N–H and O–H groups in total. The third kappa shape index (κ3) is 5.20. The standard InChI is InChI=1S/C21H26N2O7S/c1-27-18-12-16(13-19(28-2)20(18)29-3)22-31(25,26)23-11-7-10-17(23)21(24)30-14-15-8-5-4-6-9-15/h4-6,8-9,12-13,17,22H,7,10-11,14H2,1-3H3/t17-/m0/s1. The van der Waals surface area contributed by atoms with E-state index in [9.17, 15) is 13.2 Å². The van der Waals surface area contributed by atoms with Gasteiger partial charge in [-0.3, -0.25) is 9.52 Å². The number of nitrogens with one attached hydrogen (secondary N) is 1. The number of anilines is 1. The Kier molecular flexibility index (Phi) is 7.24. The van der Waals surface area contributed by atoms with E-state index in [1.807, 2.05) is 30.3 Å². The van der Waals surface area contributed by atoms with Crippen LogP contribution in [-0.2, 0) is 26.3 Å². The van der Waals surface area contributed by atoms with Crippen molar-refractivity contribution in [3.8, 4) is 17.2 Å². The number of hydrogen-bond donors (Lipinski definition) is 1. The highest BCUT2D eigenvalue weighted by molar-refractivity contribution is 7.90. The maximum atomic E-state index is 13.0. The highest BCUT2D eigenvalue weighted by atomic mass is 32.2. The van der Waals surface area contributed by atoms with Gasteiger partial charge in [0.1, 0.15) is 12.6 Å². The van der Waals surface area contributed by atoms with Gasteiger partial charge in [-0.1, -0.05) is 30.3 Å². The van der Waals surface area contributed by atoms with Crippen LogP contribution in [0.1, 0.15) is 18.4 Å². The van der Waals surface area contributed by atoms with Crippen LogP contribution in [0.5, 0.6) is 17.2 Å². The van der Waals surface area contributed by atoms with Gasteiger partial charge in [0.15, 0.2) is 11.5 Å². The van der Waals surface area contributed by atoms with Crippen LogP contribution in [-0.4, -0.2) is 52.6 Å². The lowest BCUT2D eigenvalue weighted by molar-refractivity contribution is -0.148.